The molecule has 4 N–H and O–H groups in total. The minimum absolute atomic E-state index is 0.165. The van der Waals surface area contributed by atoms with Crippen molar-refractivity contribution in [3.8, 4) is 0 Å². The van der Waals surface area contributed by atoms with Crippen LogP contribution in [0, 0.1) is 0 Å². The molecule has 0 spiro atoms. The minimum Gasteiger partial charge on any atom is -0.397 e. The molecule has 8 nitrogen and oxygen atoms in total. The molecule has 9 heteroatoms. The number of hydrogen-bond acceptors (Lipinski definition) is 6. The summed E-state index contributed by atoms with van der Waals surface area (Å²) in [4.78, 5) is 4.28. The summed E-state index contributed by atoms with van der Waals surface area (Å²) in [7, 11) is -0.319. The summed E-state index contributed by atoms with van der Waals surface area (Å²) in [5.41, 5.74) is 6.90. The molecule has 0 amide bonds. The number of benzene rings is 1. The van der Waals surface area contributed by atoms with Crippen molar-refractivity contribution in [2.75, 3.05) is 24.6 Å². The summed E-state index contributed by atoms with van der Waals surface area (Å²) in [5.74, 6) is 0.711. The summed E-state index contributed by atoms with van der Waals surface area (Å²) in [5, 5.41) is 7.26. The maximum absolute atomic E-state index is 11.8. The van der Waals surface area contributed by atoms with E-state index in [1.165, 1.54) is 19.2 Å². The van der Waals surface area contributed by atoms with Gasteiger partial charge in [-0.15, -0.1) is 0 Å². The molecule has 1 aromatic carbocycles. The summed E-state index contributed by atoms with van der Waals surface area (Å²) in [6.07, 6.45) is 2.24. The molecular formula is C12H18N6O2S. The second-order valence-corrected chi connectivity index (χ2v) is 6.35. The Labute approximate surface area is 123 Å². The maximum Gasteiger partial charge on any atom is 0.240 e. The van der Waals surface area contributed by atoms with Crippen LogP contribution in [0.2, 0.25) is 0 Å². The van der Waals surface area contributed by atoms with Crippen LogP contribution in [0.15, 0.2) is 29.4 Å². The predicted octanol–water partition coefficient (Wildman–Crippen LogP) is -0.0400. The third kappa shape index (κ3) is 3.70. The van der Waals surface area contributed by atoms with Crippen molar-refractivity contribution in [2.45, 2.75) is 11.3 Å². The largest absolute Gasteiger partial charge is 0.397 e. The number of anilines is 2. The van der Waals surface area contributed by atoms with Gasteiger partial charge in [0.05, 0.1) is 16.3 Å². The summed E-state index contributed by atoms with van der Waals surface area (Å²) in [6.45, 7) is 0.553. The average molecular weight is 310 g/mol. The van der Waals surface area contributed by atoms with Crippen LogP contribution in [-0.2, 0) is 23.5 Å². The Bertz CT molecular complexity index is 725. The van der Waals surface area contributed by atoms with Gasteiger partial charge >= 0.3 is 0 Å². The van der Waals surface area contributed by atoms with E-state index in [4.69, 9.17) is 5.73 Å². The lowest BCUT2D eigenvalue weighted by Crippen LogP contribution is -2.19. The molecule has 1 aromatic heterocycles. The van der Waals surface area contributed by atoms with Gasteiger partial charge in [-0.2, -0.15) is 5.10 Å². The topological polar surface area (TPSA) is 115 Å². The molecule has 0 aliphatic heterocycles. The number of nitrogens with zero attached hydrogens (tertiary/aromatic N) is 3. The number of nitrogens with two attached hydrogens (primary N) is 1. The highest BCUT2D eigenvalue weighted by Crippen LogP contribution is 2.22. The molecule has 1 heterocycles. The van der Waals surface area contributed by atoms with Crippen LogP contribution < -0.4 is 15.8 Å². The van der Waals surface area contributed by atoms with Crippen LogP contribution in [0.5, 0.6) is 0 Å². The van der Waals surface area contributed by atoms with E-state index < -0.39 is 10.0 Å². The zero-order valence-corrected chi connectivity index (χ0v) is 12.7. The highest BCUT2D eigenvalue weighted by Gasteiger charge is 2.13. The second kappa shape index (κ2) is 6.10. The van der Waals surface area contributed by atoms with E-state index in [0.717, 1.165) is 0 Å². The molecule has 114 valence electrons. The molecular weight excluding hydrogens is 292 g/mol. The summed E-state index contributed by atoms with van der Waals surface area (Å²) in [6, 6.07) is 4.53. The fourth-order valence-corrected chi connectivity index (χ4v) is 2.54. The Hall–Kier alpha value is -2.13. The van der Waals surface area contributed by atoms with Crippen molar-refractivity contribution in [3.63, 3.8) is 0 Å². The number of aryl methyl sites for hydroxylation is 1. The van der Waals surface area contributed by atoms with Crippen molar-refractivity contribution in [1.29, 1.82) is 0 Å². The molecule has 2 rings (SSSR count). The number of nitrogen functional groups attached to an aromatic ring is 1. The normalized spacial score (nSPS) is 11.5. The molecule has 0 radical (unpaired) electrons. The standard InChI is InChI=1S/C12H18N6O2S/c1-14-21(19,20)9-3-4-10(13)11(7-9)15-6-5-12-16-8-18(2)17-12/h3-4,7-8,14-15H,5-6,13H2,1-2H3. The van der Waals surface area contributed by atoms with Crippen molar-refractivity contribution in [1.82, 2.24) is 19.5 Å². The van der Waals surface area contributed by atoms with Gasteiger partial charge in [0.2, 0.25) is 10.0 Å². The van der Waals surface area contributed by atoms with E-state index in [2.05, 4.69) is 20.1 Å². The van der Waals surface area contributed by atoms with Crippen LogP contribution in [0.25, 0.3) is 0 Å². The molecule has 0 bridgehead atoms. The van der Waals surface area contributed by atoms with Crippen LogP contribution in [0.4, 0.5) is 11.4 Å². The van der Waals surface area contributed by atoms with Gasteiger partial charge in [-0.25, -0.2) is 18.1 Å². The molecule has 0 saturated heterocycles. The van der Waals surface area contributed by atoms with Gasteiger partial charge < -0.3 is 11.1 Å². The fraction of sp³-hybridized carbons (Fsp3) is 0.333. The Morgan fingerprint density at radius 2 is 2.14 bits per heavy atom. The lowest BCUT2D eigenvalue weighted by Gasteiger charge is -2.10. The van der Waals surface area contributed by atoms with Crippen molar-refractivity contribution >= 4 is 21.4 Å². The third-order valence-electron chi connectivity index (χ3n) is 2.91. The van der Waals surface area contributed by atoms with Crippen molar-refractivity contribution < 1.29 is 8.42 Å². The molecule has 2 aromatic rings. The average Bonchev–Trinajstić information content (AvgIpc) is 2.86. The number of nitrogens with one attached hydrogen (secondary N) is 2. The second-order valence-electron chi connectivity index (χ2n) is 4.47. The van der Waals surface area contributed by atoms with E-state index >= 15 is 0 Å². The van der Waals surface area contributed by atoms with Gasteiger partial charge in [0, 0.05) is 20.0 Å². The van der Waals surface area contributed by atoms with Gasteiger partial charge in [-0.3, -0.25) is 4.68 Å². The van der Waals surface area contributed by atoms with Crippen LogP contribution in [0.1, 0.15) is 5.82 Å². The first-order valence-corrected chi connectivity index (χ1v) is 7.82. The number of aromatic nitrogens is 3. The zero-order valence-electron chi connectivity index (χ0n) is 11.9. The van der Waals surface area contributed by atoms with Gasteiger partial charge in [-0.05, 0) is 25.2 Å². The van der Waals surface area contributed by atoms with Gasteiger partial charge in [-0.1, -0.05) is 0 Å². The zero-order chi connectivity index (χ0) is 15.5. The van der Waals surface area contributed by atoms with E-state index in [1.807, 2.05) is 0 Å². The molecule has 0 aliphatic rings. The Kier molecular flexibility index (Phi) is 4.43. The predicted molar refractivity (Wildman–Crippen MR) is 80.3 cm³/mol. The quantitative estimate of drug-likeness (QED) is 0.645. The van der Waals surface area contributed by atoms with Crippen LogP contribution in [0.3, 0.4) is 0 Å². The lowest BCUT2D eigenvalue weighted by molar-refractivity contribution is 0.588. The number of sulfonamides is 1. The molecule has 0 atom stereocenters. The van der Waals surface area contributed by atoms with Crippen LogP contribution in [-0.4, -0.2) is 36.8 Å². The first-order chi connectivity index (χ1) is 9.92. The molecule has 0 fully saturated rings. The van der Waals surface area contributed by atoms with Gasteiger partial charge in [0.1, 0.15) is 6.33 Å². The monoisotopic (exact) mass is 310 g/mol. The van der Waals surface area contributed by atoms with E-state index in [0.29, 0.717) is 30.2 Å². The smallest absolute Gasteiger partial charge is 0.240 e. The molecule has 0 saturated carbocycles. The maximum atomic E-state index is 11.8. The van der Waals surface area contributed by atoms with E-state index in [-0.39, 0.29) is 4.90 Å². The number of rotatable bonds is 6. The highest BCUT2D eigenvalue weighted by molar-refractivity contribution is 7.89. The SMILES string of the molecule is CNS(=O)(=O)c1ccc(N)c(NCCc2ncn(C)n2)c1. The summed E-state index contributed by atoms with van der Waals surface area (Å²) < 4.78 is 27.4. The number of hydrogen-bond donors (Lipinski definition) is 3. The van der Waals surface area contributed by atoms with E-state index in [9.17, 15) is 8.42 Å². The van der Waals surface area contributed by atoms with Crippen LogP contribution >= 0.6 is 0 Å². The third-order valence-corrected chi connectivity index (χ3v) is 4.33. The van der Waals surface area contributed by atoms with Gasteiger partial charge in [0.25, 0.3) is 0 Å². The highest BCUT2D eigenvalue weighted by atomic mass is 32.2. The van der Waals surface area contributed by atoms with Gasteiger partial charge in [0.15, 0.2) is 5.82 Å². The Morgan fingerprint density at radius 1 is 1.38 bits per heavy atom. The Balaban J connectivity index is 2.07. The fourth-order valence-electron chi connectivity index (χ4n) is 1.78. The molecule has 0 unspecified atom stereocenters. The molecule has 0 aliphatic carbocycles. The first kappa shape index (κ1) is 15.3. The minimum atomic E-state index is -3.48. The first-order valence-electron chi connectivity index (χ1n) is 6.34. The molecule has 21 heavy (non-hydrogen) atoms. The van der Waals surface area contributed by atoms with Crippen molar-refractivity contribution in [3.05, 3.63) is 30.4 Å². The summed E-state index contributed by atoms with van der Waals surface area (Å²) >= 11 is 0. The van der Waals surface area contributed by atoms with E-state index in [1.54, 1.807) is 24.1 Å². The lowest BCUT2D eigenvalue weighted by atomic mass is 10.2. The van der Waals surface area contributed by atoms with Crippen molar-refractivity contribution in [2.24, 2.45) is 7.05 Å². The Morgan fingerprint density at radius 3 is 2.76 bits per heavy atom.